The molecule has 2 nitrogen and oxygen atoms in total. The fraction of sp³-hybridized carbons (Fsp3) is 0. The lowest BCUT2D eigenvalue weighted by molar-refractivity contribution is 1.18. The highest BCUT2D eigenvalue weighted by Gasteiger charge is 2.22. The zero-order chi connectivity index (χ0) is 29.5. The summed E-state index contributed by atoms with van der Waals surface area (Å²) in [5.74, 6) is 0. The van der Waals surface area contributed by atoms with Crippen molar-refractivity contribution in [2.45, 2.75) is 0 Å². The predicted molar refractivity (Wildman–Crippen MR) is 193 cm³/mol. The third kappa shape index (κ3) is 3.44. The van der Waals surface area contributed by atoms with Crippen molar-refractivity contribution in [3.05, 3.63) is 158 Å². The van der Waals surface area contributed by atoms with E-state index in [1.807, 2.05) is 11.3 Å². The third-order valence-electron chi connectivity index (χ3n) is 9.31. The number of hydrogen-bond acceptors (Lipinski definition) is 1. The first-order valence-electron chi connectivity index (χ1n) is 15.4. The van der Waals surface area contributed by atoms with Gasteiger partial charge in [0.25, 0.3) is 0 Å². The maximum absolute atomic E-state index is 2.44. The van der Waals surface area contributed by atoms with Crippen molar-refractivity contribution < 1.29 is 0 Å². The molecule has 0 fully saturated rings. The Morgan fingerprint density at radius 1 is 0.333 bits per heavy atom. The molecule has 0 saturated carbocycles. The zero-order valence-electron chi connectivity index (χ0n) is 24.3. The second-order valence-corrected chi connectivity index (χ2v) is 12.7. The van der Waals surface area contributed by atoms with Gasteiger partial charge < -0.3 is 9.13 Å². The fourth-order valence-corrected chi connectivity index (χ4v) is 8.86. The summed E-state index contributed by atoms with van der Waals surface area (Å²) in [4.78, 5) is 0. The van der Waals surface area contributed by atoms with Crippen LogP contribution in [0.3, 0.4) is 0 Å². The first-order valence-corrected chi connectivity index (χ1v) is 16.2. The lowest BCUT2D eigenvalue weighted by atomic mass is 9.98. The fourth-order valence-electron chi connectivity index (χ4n) is 7.45. The van der Waals surface area contributed by atoms with Crippen LogP contribution in [0.2, 0.25) is 0 Å². The Morgan fingerprint density at radius 3 is 1.53 bits per heavy atom. The molecule has 10 rings (SSSR count). The third-order valence-corrected chi connectivity index (χ3v) is 10.6. The van der Waals surface area contributed by atoms with Crippen LogP contribution in [0.5, 0.6) is 0 Å². The number of hydrogen-bond donors (Lipinski definition) is 0. The Kier molecular flexibility index (Phi) is 5.19. The molecule has 10 aromatic rings. The van der Waals surface area contributed by atoms with E-state index in [0.717, 1.165) is 0 Å². The van der Waals surface area contributed by atoms with E-state index in [2.05, 4.69) is 167 Å². The molecule has 0 saturated heterocycles. The molecular weight excluding hydrogens is 565 g/mol. The summed E-state index contributed by atoms with van der Waals surface area (Å²) >= 11 is 1.94. The largest absolute Gasteiger partial charge is 0.309 e. The van der Waals surface area contributed by atoms with Gasteiger partial charge in [0.2, 0.25) is 0 Å². The monoisotopic (exact) mass is 590 g/mol. The lowest BCUT2D eigenvalue weighted by Crippen LogP contribution is -1.93. The molecular formula is C42H26N2S. The number of benzene rings is 7. The van der Waals surface area contributed by atoms with E-state index in [-0.39, 0.29) is 0 Å². The Morgan fingerprint density at radius 2 is 0.844 bits per heavy atom. The molecule has 0 unspecified atom stereocenters. The van der Waals surface area contributed by atoms with Crippen LogP contribution in [-0.2, 0) is 0 Å². The van der Waals surface area contributed by atoms with Gasteiger partial charge in [0.05, 0.1) is 22.1 Å². The topological polar surface area (TPSA) is 9.86 Å². The summed E-state index contributed by atoms with van der Waals surface area (Å²) in [6.45, 7) is 0. The molecule has 0 bridgehead atoms. The molecule has 210 valence electrons. The quantitative estimate of drug-likeness (QED) is 0.194. The summed E-state index contributed by atoms with van der Waals surface area (Å²) in [5, 5.41) is 7.89. The number of fused-ring (bicyclic) bond motifs is 11. The van der Waals surface area contributed by atoms with E-state index < -0.39 is 0 Å². The average Bonchev–Trinajstić information content (AvgIpc) is 3.77. The summed E-state index contributed by atoms with van der Waals surface area (Å²) in [5.41, 5.74) is 9.82. The van der Waals surface area contributed by atoms with Crippen LogP contribution < -0.4 is 0 Å². The number of aromatic nitrogens is 2. The Hall–Kier alpha value is -5.64. The van der Waals surface area contributed by atoms with Crippen molar-refractivity contribution in [1.82, 2.24) is 9.13 Å². The van der Waals surface area contributed by atoms with Crippen LogP contribution in [0.4, 0.5) is 0 Å². The first-order chi connectivity index (χ1) is 22.4. The van der Waals surface area contributed by atoms with Gasteiger partial charge in [-0.3, -0.25) is 0 Å². The molecule has 0 atom stereocenters. The van der Waals surface area contributed by atoms with Crippen molar-refractivity contribution >= 4 is 75.1 Å². The van der Waals surface area contributed by atoms with Crippen LogP contribution in [0, 0.1) is 0 Å². The second kappa shape index (κ2) is 9.43. The van der Waals surface area contributed by atoms with Crippen LogP contribution in [0.25, 0.3) is 86.3 Å². The van der Waals surface area contributed by atoms with Gasteiger partial charge in [-0.2, -0.15) is 0 Å². The van der Waals surface area contributed by atoms with Crippen molar-refractivity contribution in [3.8, 4) is 22.5 Å². The molecule has 7 aromatic carbocycles. The summed E-state index contributed by atoms with van der Waals surface area (Å²) < 4.78 is 7.55. The van der Waals surface area contributed by atoms with E-state index in [1.54, 1.807) is 0 Å². The van der Waals surface area contributed by atoms with Gasteiger partial charge in [-0.1, -0.05) is 109 Å². The summed E-state index contributed by atoms with van der Waals surface area (Å²) in [6, 6.07) is 57.3. The van der Waals surface area contributed by atoms with Gasteiger partial charge in [0.1, 0.15) is 0 Å². The first kappa shape index (κ1) is 24.8. The van der Waals surface area contributed by atoms with Gasteiger partial charge in [-0.05, 0) is 59.7 Å². The van der Waals surface area contributed by atoms with Crippen LogP contribution >= 0.6 is 11.3 Å². The SMILES string of the molecule is c1ccc(-c2cccc3c2c2c4sc5c(ccc6c5c5ccccc5n6-c5ccccc5)c4ccc2n3-c2ccccc2)cc1. The molecule has 0 aliphatic heterocycles. The van der Waals surface area contributed by atoms with Gasteiger partial charge in [0, 0.05) is 53.1 Å². The van der Waals surface area contributed by atoms with Crippen LogP contribution in [0.15, 0.2) is 158 Å². The second-order valence-electron chi connectivity index (χ2n) is 11.7. The minimum Gasteiger partial charge on any atom is -0.309 e. The van der Waals surface area contributed by atoms with E-state index in [1.165, 1.54) is 86.3 Å². The molecule has 0 amide bonds. The highest BCUT2D eigenvalue weighted by molar-refractivity contribution is 7.27. The molecule has 45 heavy (non-hydrogen) atoms. The van der Waals surface area contributed by atoms with Crippen molar-refractivity contribution in [3.63, 3.8) is 0 Å². The highest BCUT2D eigenvalue weighted by Crippen LogP contribution is 2.48. The minimum absolute atomic E-state index is 1.18. The zero-order valence-corrected chi connectivity index (χ0v) is 25.1. The standard InChI is InChI=1S/C42H26N2S/c1-4-13-27(14-5-1)30-20-12-22-35-38(30)40-37(44(35)29-17-8-3-9-18-29)26-24-32-31-23-25-36-39(41(31)45-42(32)40)33-19-10-11-21-34(33)43(36)28-15-6-2-7-16-28/h1-26H. The number of rotatable bonds is 3. The number of para-hydroxylation sites is 3. The van der Waals surface area contributed by atoms with E-state index in [4.69, 9.17) is 0 Å². The van der Waals surface area contributed by atoms with Crippen molar-refractivity contribution in [1.29, 1.82) is 0 Å². The number of nitrogens with zero attached hydrogens (tertiary/aromatic N) is 2. The molecule has 3 aromatic heterocycles. The smallest absolute Gasteiger partial charge is 0.0555 e. The van der Waals surface area contributed by atoms with Gasteiger partial charge in [0.15, 0.2) is 0 Å². The summed E-state index contributed by atoms with van der Waals surface area (Å²) in [6.07, 6.45) is 0. The average molecular weight is 591 g/mol. The van der Waals surface area contributed by atoms with Gasteiger partial charge >= 0.3 is 0 Å². The van der Waals surface area contributed by atoms with E-state index in [0.29, 0.717) is 0 Å². The highest BCUT2D eigenvalue weighted by atomic mass is 32.1. The van der Waals surface area contributed by atoms with Crippen LogP contribution in [-0.4, -0.2) is 9.13 Å². The molecule has 0 aliphatic rings. The van der Waals surface area contributed by atoms with E-state index >= 15 is 0 Å². The number of thiophene rings is 1. The van der Waals surface area contributed by atoms with Gasteiger partial charge in [-0.15, -0.1) is 11.3 Å². The molecule has 0 N–H and O–H groups in total. The molecule has 3 heteroatoms. The maximum Gasteiger partial charge on any atom is 0.0555 e. The van der Waals surface area contributed by atoms with E-state index in [9.17, 15) is 0 Å². The van der Waals surface area contributed by atoms with Gasteiger partial charge in [-0.25, -0.2) is 0 Å². The maximum atomic E-state index is 2.44. The lowest BCUT2D eigenvalue weighted by Gasteiger charge is -2.08. The molecule has 3 heterocycles. The Balaban J connectivity index is 1.40. The normalized spacial score (nSPS) is 12.0. The summed E-state index contributed by atoms with van der Waals surface area (Å²) in [7, 11) is 0. The predicted octanol–water partition coefficient (Wildman–Crippen LogP) is 11.9. The Labute approximate surface area is 263 Å². The molecule has 0 radical (unpaired) electrons. The van der Waals surface area contributed by atoms with Crippen LogP contribution in [0.1, 0.15) is 0 Å². The molecule has 0 aliphatic carbocycles. The van der Waals surface area contributed by atoms with Crippen molar-refractivity contribution in [2.75, 3.05) is 0 Å². The molecule has 0 spiro atoms. The Bertz CT molecular complexity index is 2730. The minimum atomic E-state index is 1.18. The van der Waals surface area contributed by atoms with Crippen molar-refractivity contribution in [2.24, 2.45) is 0 Å².